The van der Waals surface area contributed by atoms with Crippen molar-refractivity contribution >= 4 is 33.2 Å². The van der Waals surface area contributed by atoms with Crippen molar-refractivity contribution in [2.24, 2.45) is 0 Å². The number of piperazine rings is 1. The van der Waals surface area contributed by atoms with Crippen LogP contribution in [-0.4, -0.2) is 61.1 Å². The van der Waals surface area contributed by atoms with Gasteiger partial charge in [-0.2, -0.15) is 9.29 Å². The summed E-state index contributed by atoms with van der Waals surface area (Å²) in [5, 5.41) is 4.27. The van der Waals surface area contributed by atoms with E-state index in [1.54, 1.807) is 13.2 Å². The van der Waals surface area contributed by atoms with Crippen molar-refractivity contribution < 1.29 is 17.7 Å². The molecule has 0 aliphatic carbocycles. The van der Waals surface area contributed by atoms with Crippen LogP contribution in [0.3, 0.4) is 0 Å². The normalized spacial score (nSPS) is 15.8. The lowest BCUT2D eigenvalue weighted by Gasteiger charge is -2.33. The Morgan fingerprint density at radius 1 is 1.06 bits per heavy atom. The zero-order valence-corrected chi connectivity index (χ0v) is 19.0. The van der Waals surface area contributed by atoms with Gasteiger partial charge in [0.25, 0.3) is 0 Å². The third-order valence-electron chi connectivity index (χ3n) is 5.00. The number of hydrogen-bond acceptors (Lipinski definition) is 7. The first kappa shape index (κ1) is 22.0. The fraction of sp³-hybridized carbons (Fsp3) is 0.300. The van der Waals surface area contributed by atoms with Crippen molar-refractivity contribution in [3.8, 4) is 17.1 Å². The molecule has 164 valence electrons. The van der Waals surface area contributed by atoms with Gasteiger partial charge in [0, 0.05) is 31.7 Å². The molecule has 0 radical (unpaired) electrons. The molecule has 11 heteroatoms. The number of rotatable bonds is 6. The van der Waals surface area contributed by atoms with Crippen LogP contribution in [0.1, 0.15) is 5.89 Å². The molecule has 0 unspecified atom stereocenters. The molecule has 0 amide bonds. The number of methoxy groups -OCH3 is 1. The maximum Gasteiger partial charge on any atom is 0.246 e. The molecule has 1 aromatic heterocycles. The molecule has 1 fully saturated rings. The van der Waals surface area contributed by atoms with Crippen LogP contribution in [0, 0.1) is 0 Å². The lowest BCUT2D eigenvalue weighted by atomic mass is 10.2. The maximum atomic E-state index is 13.0. The molecule has 31 heavy (non-hydrogen) atoms. The van der Waals surface area contributed by atoms with Crippen LogP contribution in [0.15, 0.2) is 51.9 Å². The minimum atomic E-state index is -3.78. The number of aromatic nitrogens is 2. The van der Waals surface area contributed by atoms with E-state index < -0.39 is 10.0 Å². The highest BCUT2D eigenvalue weighted by Gasteiger charge is 2.32. The standard InChI is InChI=1S/C20H20Cl2N4O4S/c1-29-15-5-2-4-14(12-15)20-23-18(30-24-20)13-25-8-10-26(11-9-25)31(27,28)19-16(21)6-3-7-17(19)22/h2-7,12H,8-11,13H2,1H3. The predicted octanol–water partition coefficient (Wildman–Crippen LogP) is 3.56. The average Bonchev–Trinajstić information content (AvgIpc) is 3.22. The molecule has 0 spiro atoms. The number of ether oxygens (including phenoxy) is 1. The predicted molar refractivity (Wildman–Crippen MR) is 117 cm³/mol. The smallest absolute Gasteiger partial charge is 0.246 e. The Bertz CT molecular complexity index is 1160. The lowest BCUT2D eigenvalue weighted by molar-refractivity contribution is 0.163. The third-order valence-corrected chi connectivity index (χ3v) is 7.86. The molecule has 0 bridgehead atoms. The third kappa shape index (κ3) is 4.70. The van der Waals surface area contributed by atoms with Gasteiger partial charge in [0.2, 0.25) is 21.7 Å². The molecule has 0 atom stereocenters. The molecular weight excluding hydrogens is 463 g/mol. The highest BCUT2D eigenvalue weighted by atomic mass is 35.5. The molecule has 2 aromatic carbocycles. The van der Waals surface area contributed by atoms with Crippen molar-refractivity contribution in [3.63, 3.8) is 0 Å². The molecule has 8 nitrogen and oxygen atoms in total. The van der Waals surface area contributed by atoms with E-state index in [1.165, 1.54) is 16.4 Å². The van der Waals surface area contributed by atoms with E-state index in [9.17, 15) is 8.42 Å². The van der Waals surface area contributed by atoms with Crippen molar-refractivity contribution in [1.29, 1.82) is 0 Å². The quantitative estimate of drug-likeness (QED) is 0.530. The minimum absolute atomic E-state index is 0.0494. The van der Waals surface area contributed by atoms with E-state index in [1.807, 2.05) is 24.3 Å². The summed E-state index contributed by atoms with van der Waals surface area (Å²) in [7, 11) is -2.18. The summed E-state index contributed by atoms with van der Waals surface area (Å²) in [4.78, 5) is 6.46. The Labute approximate surface area is 190 Å². The monoisotopic (exact) mass is 482 g/mol. The van der Waals surface area contributed by atoms with E-state index in [4.69, 9.17) is 32.5 Å². The first-order valence-corrected chi connectivity index (χ1v) is 11.7. The van der Waals surface area contributed by atoms with Gasteiger partial charge in [-0.1, -0.05) is 46.6 Å². The van der Waals surface area contributed by atoms with E-state index in [-0.39, 0.29) is 14.9 Å². The van der Waals surface area contributed by atoms with Crippen LogP contribution in [-0.2, 0) is 16.6 Å². The summed E-state index contributed by atoms with van der Waals surface area (Å²) in [6, 6.07) is 12.1. The Balaban J connectivity index is 1.40. The largest absolute Gasteiger partial charge is 0.497 e. The number of benzene rings is 2. The highest BCUT2D eigenvalue weighted by molar-refractivity contribution is 7.89. The van der Waals surface area contributed by atoms with Crippen molar-refractivity contribution in [1.82, 2.24) is 19.3 Å². The Morgan fingerprint density at radius 3 is 2.42 bits per heavy atom. The molecule has 0 saturated carbocycles. The van der Waals surface area contributed by atoms with Crippen LogP contribution >= 0.6 is 23.2 Å². The van der Waals surface area contributed by atoms with Gasteiger partial charge in [0.1, 0.15) is 10.6 Å². The average molecular weight is 483 g/mol. The van der Waals surface area contributed by atoms with Gasteiger partial charge in [-0.15, -0.1) is 0 Å². The van der Waals surface area contributed by atoms with E-state index in [0.717, 1.165) is 5.56 Å². The SMILES string of the molecule is COc1cccc(-c2noc(CN3CCN(S(=O)(=O)c4c(Cl)cccc4Cl)CC3)n2)c1. The first-order valence-electron chi connectivity index (χ1n) is 9.52. The highest BCUT2D eigenvalue weighted by Crippen LogP contribution is 2.32. The van der Waals surface area contributed by atoms with E-state index in [0.29, 0.717) is 50.2 Å². The molecule has 1 aliphatic heterocycles. The van der Waals surface area contributed by atoms with Crippen LogP contribution in [0.25, 0.3) is 11.4 Å². The fourth-order valence-electron chi connectivity index (χ4n) is 3.38. The van der Waals surface area contributed by atoms with Crippen LogP contribution in [0.2, 0.25) is 10.0 Å². The molecule has 4 rings (SSSR count). The number of sulfonamides is 1. The molecule has 1 aliphatic rings. The topological polar surface area (TPSA) is 88.8 Å². The van der Waals surface area contributed by atoms with E-state index >= 15 is 0 Å². The minimum Gasteiger partial charge on any atom is -0.497 e. The molecular formula is C20H20Cl2N4O4S. The van der Waals surface area contributed by atoms with E-state index in [2.05, 4.69) is 15.0 Å². The van der Waals surface area contributed by atoms with Gasteiger partial charge in [-0.05, 0) is 24.3 Å². The maximum absolute atomic E-state index is 13.0. The van der Waals surface area contributed by atoms with Gasteiger partial charge >= 0.3 is 0 Å². The molecule has 1 saturated heterocycles. The summed E-state index contributed by atoms with van der Waals surface area (Å²) in [6.07, 6.45) is 0. The number of nitrogens with zero attached hydrogens (tertiary/aromatic N) is 4. The number of halogens is 2. The second kappa shape index (κ2) is 9.13. The van der Waals surface area contributed by atoms with Crippen LogP contribution in [0.4, 0.5) is 0 Å². The summed E-state index contributed by atoms with van der Waals surface area (Å²) in [6.45, 7) is 2.07. The van der Waals surface area contributed by atoms with Crippen molar-refractivity contribution in [2.75, 3.05) is 33.3 Å². The van der Waals surface area contributed by atoms with Gasteiger partial charge in [-0.3, -0.25) is 4.90 Å². The number of hydrogen-bond donors (Lipinski definition) is 0. The fourth-order valence-corrected chi connectivity index (χ4v) is 5.89. The Kier molecular flexibility index (Phi) is 6.49. The van der Waals surface area contributed by atoms with Gasteiger partial charge in [-0.25, -0.2) is 8.42 Å². The Morgan fingerprint density at radius 2 is 1.74 bits per heavy atom. The zero-order chi connectivity index (χ0) is 22.0. The summed E-state index contributed by atoms with van der Waals surface area (Å²) in [5.41, 5.74) is 0.793. The second-order valence-electron chi connectivity index (χ2n) is 6.97. The van der Waals surface area contributed by atoms with Gasteiger partial charge in [0.05, 0.1) is 23.7 Å². The van der Waals surface area contributed by atoms with Crippen molar-refractivity contribution in [3.05, 3.63) is 58.4 Å². The van der Waals surface area contributed by atoms with Crippen LogP contribution < -0.4 is 4.74 Å². The molecule has 3 aromatic rings. The lowest BCUT2D eigenvalue weighted by Crippen LogP contribution is -2.48. The summed E-state index contributed by atoms with van der Waals surface area (Å²) < 4.78 is 38.0. The van der Waals surface area contributed by atoms with Gasteiger partial charge in [0.15, 0.2) is 0 Å². The Hall–Kier alpha value is -2.17. The van der Waals surface area contributed by atoms with Crippen molar-refractivity contribution in [2.45, 2.75) is 11.4 Å². The van der Waals surface area contributed by atoms with Gasteiger partial charge < -0.3 is 9.26 Å². The summed E-state index contributed by atoms with van der Waals surface area (Å²) in [5.74, 6) is 1.64. The van der Waals surface area contributed by atoms with Crippen LogP contribution in [0.5, 0.6) is 5.75 Å². The molecule has 2 heterocycles. The summed E-state index contributed by atoms with van der Waals surface area (Å²) >= 11 is 12.2. The first-order chi connectivity index (χ1) is 14.9. The zero-order valence-electron chi connectivity index (χ0n) is 16.7. The second-order valence-corrected chi connectivity index (χ2v) is 9.66. The molecule has 0 N–H and O–H groups in total.